The zero-order chi connectivity index (χ0) is 14.5. The zero-order valence-corrected chi connectivity index (χ0v) is 12.1. The smallest absolute Gasteiger partial charge is 0.203 e. The fraction of sp³-hybridized carbons (Fsp3) is 0.438. The first-order valence-electron chi connectivity index (χ1n) is 6.80. The van der Waals surface area contributed by atoms with Gasteiger partial charge in [-0.2, -0.15) is 0 Å². The zero-order valence-electron chi connectivity index (χ0n) is 12.1. The molecule has 20 heavy (non-hydrogen) atoms. The monoisotopic (exact) mass is 276 g/mol. The molecule has 0 aromatic heterocycles. The van der Waals surface area contributed by atoms with E-state index in [1.54, 1.807) is 13.2 Å². The van der Waals surface area contributed by atoms with Crippen molar-refractivity contribution in [1.82, 2.24) is 0 Å². The maximum atomic E-state index is 11.0. The van der Waals surface area contributed by atoms with Crippen LogP contribution in [0, 0.1) is 0 Å². The van der Waals surface area contributed by atoms with E-state index in [2.05, 4.69) is 0 Å². The summed E-state index contributed by atoms with van der Waals surface area (Å²) in [5.74, 6) is 1.57. The molecule has 1 unspecified atom stereocenters. The Morgan fingerprint density at radius 1 is 1.25 bits per heavy atom. The molecule has 3 rings (SSSR count). The van der Waals surface area contributed by atoms with Gasteiger partial charge in [0.1, 0.15) is 6.10 Å². The van der Waals surface area contributed by atoms with Crippen LogP contribution in [-0.4, -0.2) is 26.6 Å². The van der Waals surface area contributed by atoms with Crippen LogP contribution in [0.2, 0.25) is 0 Å². The van der Waals surface area contributed by atoms with Crippen LogP contribution >= 0.6 is 0 Å². The number of carbonyl (C=O) groups is 1. The van der Waals surface area contributed by atoms with E-state index in [0.29, 0.717) is 22.8 Å². The van der Waals surface area contributed by atoms with E-state index >= 15 is 0 Å². The van der Waals surface area contributed by atoms with Crippen molar-refractivity contribution in [3.05, 3.63) is 23.3 Å². The lowest BCUT2D eigenvalue weighted by Gasteiger charge is -2.23. The minimum Gasteiger partial charge on any atom is -0.493 e. The molecule has 0 bridgehead atoms. The van der Waals surface area contributed by atoms with Gasteiger partial charge in [-0.3, -0.25) is 4.79 Å². The van der Waals surface area contributed by atoms with Gasteiger partial charge in [0.25, 0.3) is 0 Å². The normalized spacial score (nSPS) is 18.1. The highest BCUT2D eigenvalue weighted by atomic mass is 16.5. The van der Waals surface area contributed by atoms with Crippen molar-refractivity contribution in [3.63, 3.8) is 0 Å². The molecule has 0 radical (unpaired) electrons. The van der Waals surface area contributed by atoms with Crippen molar-refractivity contribution in [2.24, 2.45) is 0 Å². The van der Waals surface area contributed by atoms with E-state index in [1.165, 1.54) is 26.4 Å². The van der Waals surface area contributed by atoms with E-state index < -0.39 is 0 Å². The lowest BCUT2D eigenvalue weighted by atomic mass is 10.0. The van der Waals surface area contributed by atoms with Crippen molar-refractivity contribution >= 4 is 12.4 Å². The van der Waals surface area contributed by atoms with Crippen LogP contribution in [0.3, 0.4) is 0 Å². The summed E-state index contributed by atoms with van der Waals surface area (Å²) >= 11 is 0. The first-order valence-corrected chi connectivity index (χ1v) is 6.80. The third-order valence-corrected chi connectivity index (χ3v) is 3.01. The van der Waals surface area contributed by atoms with Gasteiger partial charge in [0.05, 0.1) is 14.2 Å². The number of aldehydes is 1. The molecular weight excluding hydrogens is 256 g/mol. The summed E-state index contributed by atoms with van der Waals surface area (Å²) < 4.78 is 16.2. The summed E-state index contributed by atoms with van der Waals surface area (Å²) in [6, 6.07) is 1.65. The Bertz CT molecular complexity index is 515. The second-order valence-electron chi connectivity index (χ2n) is 4.80. The average Bonchev–Trinajstić information content (AvgIpc) is 3.33. The Kier molecular flexibility index (Phi) is 4.66. The lowest BCUT2D eigenvalue weighted by molar-refractivity contribution is 0.112. The summed E-state index contributed by atoms with van der Waals surface area (Å²) in [6.07, 6.45) is 8.99. The molecule has 1 aliphatic carbocycles. The highest BCUT2D eigenvalue weighted by Crippen LogP contribution is 2.44. The molecule has 4 nitrogen and oxygen atoms in total. The van der Waals surface area contributed by atoms with Crippen molar-refractivity contribution < 1.29 is 19.0 Å². The fourth-order valence-electron chi connectivity index (χ4n) is 1.84. The van der Waals surface area contributed by atoms with Crippen LogP contribution in [0.4, 0.5) is 0 Å². The fourth-order valence-corrected chi connectivity index (χ4v) is 1.84. The van der Waals surface area contributed by atoms with Crippen LogP contribution in [0.15, 0.2) is 12.1 Å². The minimum atomic E-state index is -0.0528. The molecule has 0 amide bonds. The number of carbonyl (C=O) groups excluding carboxylic acids is 1. The molecule has 0 N–H and O–H groups in total. The molecule has 1 fully saturated rings. The summed E-state index contributed by atoms with van der Waals surface area (Å²) in [6.45, 7) is 1.92. The molecule has 4 heteroatoms. The van der Waals surface area contributed by atoms with E-state index in [4.69, 9.17) is 14.2 Å². The van der Waals surface area contributed by atoms with E-state index in [1.807, 2.05) is 19.1 Å². The third-order valence-electron chi connectivity index (χ3n) is 3.01. The van der Waals surface area contributed by atoms with Gasteiger partial charge in [-0.05, 0) is 19.1 Å². The Balaban J connectivity index is 0.000000432. The lowest BCUT2D eigenvalue weighted by Crippen LogP contribution is -2.14. The van der Waals surface area contributed by atoms with Gasteiger partial charge < -0.3 is 14.2 Å². The van der Waals surface area contributed by atoms with Gasteiger partial charge in [-0.25, -0.2) is 0 Å². The van der Waals surface area contributed by atoms with E-state index in [0.717, 1.165) is 11.8 Å². The van der Waals surface area contributed by atoms with Crippen LogP contribution in [0.25, 0.3) is 6.08 Å². The SMILES string of the molecule is C1CC1.COc1cc(C=O)c2c(c1OC)OC(C)C=C2. The Morgan fingerprint density at radius 2 is 1.95 bits per heavy atom. The van der Waals surface area contributed by atoms with Crippen molar-refractivity contribution in [2.45, 2.75) is 32.3 Å². The first-order chi connectivity index (χ1) is 9.71. The standard InChI is InChI=1S/C13H14O4.C3H6/c1-8-4-5-10-9(7-14)6-11(15-2)13(16-3)12(10)17-8;1-2-3-1/h4-8H,1-3H3;1-3H2. The van der Waals surface area contributed by atoms with Crippen LogP contribution < -0.4 is 14.2 Å². The maximum Gasteiger partial charge on any atom is 0.203 e. The number of hydrogen-bond donors (Lipinski definition) is 0. The van der Waals surface area contributed by atoms with Gasteiger partial charge in [0.2, 0.25) is 5.75 Å². The number of ether oxygens (including phenoxy) is 3. The topological polar surface area (TPSA) is 44.8 Å². The second kappa shape index (κ2) is 6.46. The largest absolute Gasteiger partial charge is 0.493 e. The van der Waals surface area contributed by atoms with Gasteiger partial charge in [0, 0.05) is 11.1 Å². The summed E-state index contributed by atoms with van der Waals surface area (Å²) in [5.41, 5.74) is 1.26. The van der Waals surface area contributed by atoms with Gasteiger partial charge in [-0.1, -0.05) is 25.3 Å². The highest BCUT2D eigenvalue weighted by Gasteiger charge is 2.23. The Hall–Kier alpha value is -1.97. The van der Waals surface area contributed by atoms with Gasteiger partial charge >= 0.3 is 0 Å². The number of benzene rings is 1. The maximum absolute atomic E-state index is 11.0. The second-order valence-corrected chi connectivity index (χ2v) is 4.80. The van der Waals surface area contributed by atoms with Gasteiger partial charge in [0.15, 0.2) is 17.8 Å². The molecule has 1 saturated carbocycles. The van der Waals surface area contributed by atoms with Crippen LogP contribution in [-0.2, 0) is 0 Å². The van der Waals surface area contributed by atoms with Crippen molar-refractivity contribution in [2.75, 3.05) is 14.2 Å². The molecule has 2 aliphatic rings. The molecule has 0 spiro atoms. The Morgan fingerprint density at radius 3 is 2.45 bits per heavy atom. The molecule has 1 atom stereocenters. The van der Waals surface area contributed by atoms with Crippen LogP contribution in [0.1, 0.15) is 42.1 Å². The predicted molar refractivity (Wildman–Crippen MR) is 77.9 cm³/mol. The van der Waals surface area contributed by atoms with Crippen LogP contribution in [0.5, 0.6) is 17.2 Å². The summed E-state index contributed by atoms with van der Waals surface area (Å²) in [7, 11) is 3.08. The van der Waals surface area contributed by atoms with E-state index in [9.17, 15) is 4.79 Å². The van der Waals surface area contributed by atoms with Gasteiger partial charge in [-0.15, -0.1) is 0 Å². The quantitative estimate of drug-likeness (QED) is 0.793. The molecule has 1 aromatic rings. The molecular formula is C16H20O4. The summed E-state index contributed by atoms with van der Waals surface area (Å²) in [5, 5.41) is 0. The molecule has 108 valence electrons. The molecule has 0 saturated heterocycles. The molecule has 1 aliphatic heterocycles. The Labute approximate surface area is 119 Å². The summed E-state index contributed by atoms with van der Waals surface area (Å²) in [4.78, 5) is 11.0. The molecule has 1 aromatic carbocycles. The number of fused-ring (bicyclic) bond motifs is 1. The predicted octanol–water partition coefficient (Wildman–Crippen LogP) is 3.48. The van der Waals surface area contributed by atoms with Crippen molar-refractivity contribution in [1.29, 1.82) is 0 Å². The first kappa shape index (κ1) is 14.4. The van der Waals surface area contributed by atoms with E-state index in [-0.39, 0.29) is 6.10 Å². The third kappa shape index (κ3) is 3.13. The highest BCUT2D eigenvalue weighted by molar-refractivity contribution is 5.87. The minimum absolute atomic E-state index is 0.0528. The number of hydrogen-bond acceptors (Lipinski definition) is 4. The van der Waals surface area contributed by atoms with Crippen molar-refractivity contribution in [3.8, 4) is 17.2 Å². The average molecular weight is 276 g/mol. The number of methoxy groups -OCH3 is 2. The molecule has 1 heterocycles. The number of rotatable bonds is 3.